The Labute approximate surface area is 114 Å². The van der Waals surface area contributed by atoms with Crippen molar-refractivity contribution in [1.29, 1.82) is 0 Å². The summed E-state index contributed by atoms with van der Waals surface area (Å²) in [6.07, 6.45) is 5.18. The van der Waals surface area contributed by atoms with Gasteiger partial charge in [-0.05, 0) is 37.9 Å². The van der Waals surface area contributed by atoms with Crippen LogP contribution in [0.3, 0.4) is 0 Å². The predicted octanol–water partition coefficient (Wildman–Crippen LogP) is 1.43. The standard InChI is InChI=1S/C11H21N3OS2/c1-2-5-8(12)6-3-4-7-15-9-10(16)14-11(17)13-9/h8-9H,2-7,12H2,1H3,(H2,13,14,16,17). The third-order valence-electron chi connectivity index (χ3n) is 2.65. The van der Waals surface area contributed by atoms with Crippen LogP contribution in [-0.4, -0.2) is 29.0 Å². The van der Waals surface area contributed by atoms with E-state index in [1.807, 2.05) is 0 Å². The Morgan fingerprint density at radius 1 is 1.35 bits per heavy atom. The smallest absolute Gasteiger partial charge is 0.181 e. The van der Waals surface area contributed by atoms with Gasteiger partial charge in [-0.1, -0.05) is 25.6 Å². The lowest BCUT2D eigenvalue weighted by Crippen LogP contribution is -2.31. The van der Waals surface area contributed by atoms with Crippen molar-refractivity contribution >= 4 is 34.5 Å². The molecule has 0 saturated carbocycles. The summed E-state index contributed by atoms with van der Waals surface area (Å²) in [7, 11) is 0. The van der Waals surface area contributed by atoms with E-state index in [0.29, 0.717) is 22.7 Å². The first-order valence-electron chi connectivity index (χ1n) is 6.12. The molecule has 0 aromatic carbocycles. The number of ether oxygens (including phenoxy) is 1. The van der Waals surface area contributed by atoms with Crippen LogP contribution in [0.25, 0.3) is 0 Å². The van der Waals surface area contributed by atoms with Gasteiger partial charge in [0.1, 0.15) is 4.99 Å². The molecule has 1 rings (SSSR count). The van der Waals surface area contributed by atoms with Crippen LogP contribution in [-0.2, 0) is 4.74 Å². The number of nitrogens with two attached hydrogens (primary N) is 1. The normalized spacial score (nSPS) is 21.2. The molecule has 0 aromatic heterocycles. The summed E-state index contributed by atoms with van der Waals surface area (Å²) in [5, 5.41) is 6.35. The molecule has 1 aliphatic heterocycles. The van der Waals surface area contributed by atoms with Crippen LogP contribution in [0.1, 0.15) is 39.0 Å². The van der Waals surface area contributed by atoms with E-state index in [4.69, 9.17) is 34.9 Å². The summed E-state index contributed by atoms with van der Waals surface area (Å²) < 4.78 is 5.58. The second kappa shape index (κ2) is 7.92. The highest BCUT2D eigenvalue weighted by Gasteiger charge is 2.23. The maximum absolute atomic E-state index is 5.93. The van der Waals surface area contributed by atoms with Crippen molar-refractivity contribution in [2.24, 2.45) is 5.73 Å². The molecule has 0 aromatic rings. The number of thiocarbonyl (C=S) groups is 2. The molecule has 1 fully saturated rings. The second-order valence-electron chi connectivity index (χ2n) is 4.26. The minimum absolute atomic E-state index is 0.248. The van der Waals surface area contributed by atoms with Crippen LogP contribution in [0.4, 0.5) is 0 Å². The molecule has 98 valence electrons. The van der Waals surface area contributed by atoms with Crippen molar-refractivity contribution in [2.45, 2.75) is 51.3 Å². The molecule has 6 heteroatoms. The largest absolute Gasteiger partial charge is 0.352 e. The van der Waals surface area contributed by atoms with E-state index < -0.39 is 0 Å². The average molecular weight is 275 g/mol. The second-order valence-corrected chi connectivity index (χ2v) is 5.11. The highest BCUT2D eigenvalue weighted by molar-refractivity contribution is 7.82. The molecule has 1 aliphatic rings. The monoisotopic (exact) mass is 275 g/mol. The van der Waals surface area contributed by atoms with Gasteiger partial charge >= 0.3 is 0 Å². The zero-order valence-electron chi connectivity index (χ0n) is 10.2. The van der Waals surface area contributed by atoms with E-state index in [9.17, 15) is 0 Å². The van der Waals surface area contributed by atoms with Crippen LogP contribution in [0.5, 0.6) is 0 Å². The molecule has 1 heterocycles. The van der Waals surface area contributed by atoms with Crippen molar-refractivity contribution in [3.8, 4) is 0 Å². The average Bonchev–Trinajstić information content (AvgIpc) is 2.57. The van der Waals surface area contributed by atoms with Crippen molar-refractivity contribution in [1.82, 2.24) is 10.6 Å². The maximum atomic E-state index is 5.93. The Kier molecular flexibility index (Phi) is 6.87. The summed E-state index contributed by atoms with van der Waals surface area (Å²) in [6, 6.07) is 0.333. The van der Waals surface area contributed by atoms with Gasteiger partial charge in [0.2, 0.25) is 0 Å². The van der Waals surface area contributed by atoms with Gasteiger partial charge in [0.05, 0.1) is 0 Å². The Morgan fingerprint density at radius 3 is 2.71 bits per heavy atom. The van der Waals surface area contributed by atoms with Gasteiger partial charge in [-0.2, -0.15) is 0 Å². The molecule has 0 bridgehead atoms. The Hall–Kier alpha value is -0.300. The Morgan fingerprint density at radius 2 is 2.12 bits per heavy atom. The zero-order valence-corrected chi connectivity index (χ0v) is 11.8. The molecule has 0 radical (unpaired) electrons. The first-order chi connectivity index (χ1) is 8.13. The van der Waals surface area contributed by atoms with Gasteiger partial charge in [-0.25, -0.2) is 0 Å². The lowest BCUT2D eigenvalue weighted by atomic mass is 10.1. The fourth-order valence-electron chi connectivity index (χ4n) is 1.74. The Bertz CT molecular complexity index is 273. The fraction of sp³-hybridized carbons (Fsp3) is 0.818. The van der Waals surface area contributed by atoms with Gasteiger partial charge in [-0.3, -0.25) is 0 Å². The molecule has 0 spiro atoms. The van der Waals surface area contributed by atoms with E-state index in [0.717, 1.165) is 32.1 Å². The third-order valence-corrected chi connectivity index (χ3v) is 3.19. The maximum Gasteiger partial charge on any atom is 0.181 e. The van der Waals surface area contributed by atoms with Crippen molar-refractivity contribution in [2.75, 3.05) is 6.61 Å². The fourth-order valence-corrected chi connectivity index (χ4v) is 2.25. The molecular formula is C11H21N3OS2. The molecule has 2 atom stereocenters. The van der Waals surface area contributed by atoms with Crippen molar-refractivity contribution in [3.63, 3.8) is 0 Å². The van der Waals surface area contributed by atoms with E-state index in [-0.39, 0.29) is 6.23 Å². The van der Waals surface area contributed by atoms with Crippen molar-refractivity contribution < 1.29 is 4.74 Å². The van der Waals surface area contributed by atoms with Gasteiger partial charge < -0.3 is 21.1 Å². The number of hydrogen-bond acceptors (Lipinski definition) is 4. The van der Waals surface area contributed by atoms with Crippen LogP contribution < -0.4 is 16.4 Å². The quantitative estimate of drug-likeness (QED) is 0.460. The molecule has 4 N–H and O–H groups in total. The summed E-state index contributed by atoms with van der Waals surface area (Å²) >= 11 is 10.00. The summed E-state index contributed by atoms with van der Waals surface area (Å²) in [5.74, 6) is 0. The van der Waals surface area contributed by atoms with E-state index in [2.05, 4.69) is 17.6 Å². The van der Waals surface area contributed by atoms with Gasteiger partial charge in [-0.15, -0.1) is 0 Å². The molecule has 1 saturated heterocycles. The SMILES string of the molecule is CCCC(N)CCCCOC1NC(=S)NC1=S. The number of nitrogens with one attached hydrogen (secondary N) is 2. The van der Waals surface area contributed by atoms with Crippen LogP contribution in [0, 0.1) is 0 Å². The number of hydrogen-bond donors (Lipinski definition) is 3. The first-order valence-corrected chi connectivity index (χ1v) is 6.93. The van der Waals surface area contributed by atoms with Crippen LogP contribution >= 0.6 is 24.4 Å². The van der Waals surface area contributed by atoms with E-state index >= 15 is 0 Å². The molecule has 0 amide bonds. The third kappa shape index (κ3) is 5.72. The summed E-state index contributed by atoms with van der Waals surface area (Å²) in [6.45, 7) is 2.84. The van der Waals surface area contributed by atoms with E-state index in [1.54, 1.807) is 0 Å². The summed E-state index contributed by atoms with van der Waals surface area (Å²) in [4.78, 5) is 0.623. The van der Waals surface area contributed by atoms with E-state index in [1.165, 1.54) is 0 Å². The molecule has 4 nitrogen and oxygen atoms in total. The number of unbranched alkanes of at least 4 members (excludes halogenated alkanes) is 1. The van der Waals surface area contributed by atoms with Crippen LogP contribution in [0.15, 0.2) is 0 Å². The number of rotatable bonds is 8. The molecule has 17 heavy (non-hydrogen) atoms. The molecule has 2 unspecified atom stereocenters. The lowest BCUT2D eigenvalue weighted by molar-refractivity contribution is 0.0897. The van der Waals surface area contributed by atoms with Crippen molar-refractivity contribution in [3.05, 3.63) is 0 Å². The predicted molar refractivity (Wildman–Crippen MR) is 77.9 cm³/mol. The summed E-state index contributed by atoms with van der Waals surface area (Å²) in [5.41, 5.74) is 5.93. The van der Waals surface area contributed by atoms with Gasteiger partial charge in [0.25, 0.3) is 0 Å². The van der Waals surface area contributed by atoms with Gasteiger partial charge in [0.15, 0.2) is 11.3 Å². The van der Waals surface area contributed by atoms with Crippen LogP contribution in [0.2, 0.25) is 0 Å². The zero-order chi connectivity index (χ0) is 12.7. The highest BCUT2D eigenvalue weighted by Crippen LogP contribution is 2.06. The highest BCUT2D eigenvalue weighted by atomic mass is 32.1. The Balaban J connectivity index is 2.01. The molecular weight excluding hydrogens is 254 g/mol. The topological polar surface area (TPSA) is 59.3 Å². The minimum Gasteiger partial charge on any atom is -0.352 e. The minimum atomic E-state index is -0.248. The molecule has 0 aliphatic carbocycles. The lowest BCUT2D eigenvalue weighted by Gasteiger charge is -2.12. The van der Waals surface area contributed by atoms with Gasteiger partial charge in [0, 0.05) is 12.6 Å². The first kappa shape index (κ1) is 14.8.